The molecule has 6 rings (SSSR count). The maximum Gasteiger partial charge on any atom is 0.311 e. The maximum absolute atomic E-state index is 12.8. The Balaban J connectivity index is 1.46. The number of hydrogen-bond acceptors (Lipinski definition) is 4. The van der Waals surface area contributed by atoms with E-state index in [4.69, 9.17) is 14.2 Å². The first-order valence-electron chi connectivity index (χ1n) is 10.3. The predicted molar refractivity (Wildman–Crippen MR) is 90.9 cm³/mol. The fraction of sp³-hybridized carbons (Fsp3) is 0.952. The number of ether oxygens (including phenoxy) is 3. The van der Waals surface area contributed by atoms with Crippen LogP contribution in [0.5, 0.6) is 0 Å². The van der Waals surface area contributed by atoms with Crippen molar-refractivity contribution in [3.63, 3.8) is 0 Å². The van der Waals surface area contributed by atoms with Crippen LogP contribution in [0, 0.1) is 28.1 Å². The fourth-order valence-electron chi connectivity index (χ4n) is 8.93. The summed E-state index contributed by atoms with van der Waals surface area (Å²) in [6.07, 6.45) is 9.70. The van der Waals surface area contributed by atoms with E-state index in [2.05, 4.69) is 13.8 Å². The van der Waals surface area contributed by atoms with Gasteiger partial charge in [0.2, 0.25) is 0 Å². The van der Waals surface area contributed by atoms with Gasteiger partial charge in [-0.1, -0.05) is 13.3 Å². The molecule has 6 aliphatic rings. The molecule has 2 saturated heterocycles. The highest BCUT2D eigenvalue weighted by molar-refractivity contribution is 5.77. The van der Waals surface area contributed by atoms with Crippen molar-refractivity contribution in [2.75, 3.05) is 13.7 Å². The van der Waals surface area contributed by atoms with E-state index in [1.54, 1.807) is 7.11 Å². The molecule has 6 fully saturated rings. The monoisotopic (exact) mass is 346 g/mol. The zero-order valence-corrected chi connectivity index (χ0v) is 15.7. The SMILES string of the molecule is COC(=O)[C@]1(C)CCC[C@]2(C)C1CC[C@@]13C[C@@H](C[C@H]4O[C@]412)[C@]1(CO1)C3. The van der Waals surface area contributed by atoms with Crippen molar-refractivity contribution in [1.29, 1.82) is 0 Å². The van der Waals surface area contributed by atoms with Crippen LogP contribution in [0.1, 0.15) is 65.2 Å². The Morgan fingerprint density at radius 3 is 2.72 bits per heavy atom. The normalized spacial score (nSPS) is 63.4. The minimum atomic E-state index is -0.349. The van der Waals surface area contributed by atoms with Crippen molar-refractivity contribution in [3.8, 4) is 0 Å². The molecule has 4 nitrogen and oxygen atoms in total. The number of carbonyl (C=O) groups excluding carboxylic acids is 1. The van der Waals surface area contributed by atoms with E-state index in [1.165, 1.54) is 32.1 Å². The van der Waals surface area contributed by atoms with Gasteiger partial charge in [0.05, 0.1) is 30.8 Å². The standard InChI is InChI=1S/C21H30O4/c1-17(16(22)23-3)6-4-7-18(2)14(17)5-8-19-10-13(20(11-19)12-24-20)9-15-21(18,19)25-15/h13-15H,4-12H2,1-3H3/t13-,14?,15-,17-,18-,19+,20-,21+/m1/s1. The summed E-state index contributed by atoms with van der Waals surface area (Å²) in [5.41, 5.74) is 0.259. The van der Waals surface area contributed by atoms with Crippen molar-refractivity contribution < 1.29 is 19.0 Å². The lowest BCUT2D eigenvalue weighted by Gasteiger charge is -2.62. The van der Waals surface area contributed by atoms with Crippen molar-refractivity contribution in [2.24, 2.45) is 28.1 Å². The molecule has 0 radical (unpaired) electrons. The van der Waals surface area contributed by atoms with E-state index in [1.807, 2.05) is 0 Å². The van der Waals surface area contributed by atoms with Crippen LogP contribution >= 0.6 is 0 Å². The molecule has 0 aromatic carbocycles. The second-order valence-corrected chi connectivity index (χ2v) is 10.6. The fourth-order valence-corrected chi connectivity index (χ4v) is 8.93. The number of epoxide rings is 2. The summed E-state index contributed by atoms with van der Waals surface area (Å²) in [5, 5.41) is 0. The topological polar surface area (TPSA) is 51.4 Å². The van der Waals surface area contributed by atoms with Crippen LogP contribution in [0.2, 0.25) is 0 Å². The molecule has 2 bridgehead atoms. The van der Waals surface area contributed by atoms with E-state index in [0.29, 0.717) is 23.4 Å². The summed E-state index contributed by atoms with van der Waals surface area (Å²) in [7, 11) is 1.55. The summed E-state index contributed by atoms with van der Waals surface area (Å²) < 4.78 is 18.0. The van der Waals surface area contributed by atoms with Crippen molar-refractivity contribution >= 4 is 5.97 Å². The number of rotatable bonds is 1. The van der Waals surface area contributed by atoms with Crippen LogP contribution < -0.4 is 0 Å². The average molecular weight is 346 g/mol. The maximum atomic E-state index is 12.8. The summed E-state index contributed by atoms with van der Waals surface area (Å²) >= 11 is 0. The van der Waals surface area contributed by atoms with E-state index in [0.717, 1.165) is 25.9 Å². The molecule has 0 aromatic heterocycles. The molecular formula is C21H30O4. The highest BCUT2D eigenvalue weighted by Crippen LogP contribution is 2.82. The lowest BCUT2D eigenvalue weighted by molar-refractivity contribution is -0.185. The summed E-state index contributed by atoms with van der Waals surface area (Å²) in [4.78, 5) is 12.8. The Bertz CT molecular complexity index is 671. The second kappa shape index (κ2) is 4.11. The molecule has 138 valence electrons. The first-order chi connectivity index (χ1) is 11.9. The Kier molecular flexibility index (Phi) is 2.54. The largest absolute Gasteiger partial charge is 0.469 e. The summed E-state index contributed by atoms with van der Waals surface area (Å²) in [6, 6.07) is 0. The molecule has 8 atom stereocenters. The summed E-state index contributed by atoms with van der Waals surface area (Å²) in [5.74, 6) is 1.09. The molecule has 4 aliphatic carbocycles. The molecule has 4 saturated carbocycles. The third-order valence-corrected chi connectivity index (χ3v) is 9.89. The number of carbonyl (C=O) groups is 1. The van der Waals surface area contributed by atoms with Crippen LogP contribution in [0.3, 0.4) is 0 Å². The van der Waals surface area contributed by atoms with E-state index in [-0.39, 0.29) is 28.0 Å². The molecule has 25 heavy (non-hydrogen) atoms. The van der Waals surface area contributed by atoms with Crippen molar-refractivity contribution in [2.45, 2.75) is 82.5 Å². The lowest BCUT2D eigenvalue weighted by Crippen LogP contribution is -2.64. The Labute approximate surface area is 150 Å². The first-order valence-corrected chi connectivity index (χ1v) is 10.3. The zero-order valence-electron chi connectivity index (χ0n) is 15.7. The van der Waals surface area contributed by atoms with Gasteiger partial charge >= 0.3 is 5.97 Å². The van der Waals surface area contributed by atoms with Crippen LogP contribution in [0.4, 0.5) is 0 Å². The quantitative estimate of drug-likeness (QED) is 0.539. The van der Waals surface area contributed by atoms with Crippen molar-refractivity contribution in [3.05, 3.63) is 0 Å². The third-order valence-electron chi connectivity index (χ3n) is 9.89. The lowest BCUT2D eigenvalue weighted by atomic mass is 9.40. The van der Waals surface area contributed by atoms with Crippen LogP contribution in [0.15, 0.2) is 0 Å². The molecule has 2 aliphatic heterocycles. The number of methoxy groups -OCH3 is 1. The van der Waals surface area contributed by atoms with Gasteiger partial charge in [-0.25, -0.2) is 0 Å². The minimum Gasteiger partial charge on any atom is -0.469 e. The van der Waals surface area contributed by atoms with E-state index < -0.39 is 0 Å². The van der Waals surface area contributed by atoms with Gasteiger partial charge < -0.3 is 14.2 Å². The molecule has 0 N–H and O–H groups in total. The highest BCUT2D eigenvalue weighted by atomic mass is 16.6. The first kappa shape index (κ1) is 15.4. The smallest absolute Gasteiger partial charge is 0.311 e. The predicted octanol–water partition coefficient (Wildman–Crippen LogP) is 3.47. The zero-order chi connectivity index (χ0) is 17.3. The number of esters is 1. The molecular weight excluding hydrogens is 316 g/mol. The number of fused-ring (bicyclic) bond motifs is 3. The van der Waals surface area contributed by atoms with Gasteiger partial charge in [0.15, 0.2) is 0 Å². The van der Waals surface area contributed by atoms with Gasteiger partial charge in [0, 0.05) is 10.8 Å². The second-order valence-electron chi connectivity index (χ2n) is 10.6. The molecule has 2 heterocycles. The summed E-state index contributed by atoms with van der Waals surface area (Å²) in [6.45, 7) is 5.60. The Morgan fingerprint density at radius 1 is 1.20 bits per heavy atom. The minimum absolute atomic E-state index is 0.00453. The molecule has 1 unspecified atom stereocenters. The van der Waals surface area contributed by atoms with Gasteiger partial charge in [-0.3, -0.25) is 4.79 Å². The Morgan fingerprint density at radius 2 is 2.00 bits per heavy atom. The third kappa shape index (κ3) is 1.43. The highest BCUT2D eigenvalue weighted by Gasteiger charge is 2.87. The van der Waals surface area contributed by atoms with E-state index >= 15 is 0 Å². The van der Waals surface area contributed by atoms with Gasteiger partial charge in [-0.2, -0.15) is 0 Å². The Hall–Kier alpha value is -0.610. The molecule has 0 aromatic rings. The van der Waals surface area contributed by atoms with Gasteiger partial charge in [-0.15, -0.1) is 0 Å². The molecule has 4 heteroatoms. The molecule has 0 amide bonds. The molecule has 3 spiro atoms. The van der Waals surface area contributed by atoms with Crippen LogP contribution in [-0.2, 0) is 19.0 Å². The van der Waals surface area contributed by atoms with E-state index in [9.17, 15) is 4.79 Å². The average Bonchev–Trinajstić information content (AvgIpc) is 3.46. The van der Waals surface area contributed by atoms with Crippen LogP contribution in [0.25, 0.3) is 0 Å². The van der Waals surface area contributed by atoms with Gasteiger partial charge in [0.1, 0.15) is 5.60 Å². The number of hydrogen-bond donors (Lipinski definition) is 0. The van der Waals surface area contributed by atoms with Crippen molar-refractivity contribution in [1.82, 2.24) is 0 Å². The van der Waals surface area contributed by atoms with Gasteiger partial charge in [-0.05, 0) is 63.7 Å². The van der Waals surface area contributed by atoms with Gasteiger partial charge in [0.25, 0.3) is 0 Å². The van der Waals surface area contributed by atoms with Crippen LogP contribution in [-0.4, -0.2) is 37.0 Å².